The van der Waals surface area contributed by atoms with Crippen LogP contribution >= 0.6 is 0 Å². The van der Waals surface area contributed by atoms with Gasteiger partial charge in [-0.3, -0.25) is 4.79 Å². The molecule has 3 aromatic rings. The lowest BCUT2D eigenvalue weighted by Crippen LogP contribution is -2.29. The largest absolute Gasteiger partial charge is 0.321 e. The van der Waals surface area contributed by atoms with Crippen molar-refractivity contribution in [2.24, 2.45) is 5.41 Å². The first kappa shape index (κ1) is 19.2. The highest BCUT2D eigenvalue weighted by atomic mass is 16.1. The van der Waals surface area contributed by atoms with E-state index < -0.39 is 0 Å². The zero-order valence-corrected chi connectivity index (χ0v) is 17.1. The topological polar surface area (TPSA) is 29.1 Å². The molecule has 1 N–H and O–H groups in total. The van der Waals surface area contributed by atoms with Gasteiger partial charge in [0.1, 0.15) is 0 Å². The van der Waals surface area contributed by atoms with E-state index in [-0.39, 0.29) is 11.3 Å². The number of carbonyl (C=O) groups excluding carboxylic acids is 1. The summed E-state index contributed by atoms with van der Waals surface area (Å²) in [4.78, 5) is 12.7. The van der Waals surface area contributed by atoms with E-state index in [9.17, 15) is 4.79 Å². The smallest absolute Gasteiger partial charge is 0.255 e. The summed E-state index contributed by atoms with van der Waals surface area (Å²) in [5.74, 6) is -0.0736. The number of carbonyl (C=O) groups is 1. The maximum Gasteiger partial charge on any atom is 0.255 e. The van der Waals surface area contributed by atoms with Crippen molar-refractivity contribution in [3.8, 4) is 0 Å². The standard InChI is InChI=1S/C27H27NO/c1-3-18-27(2)19-23(25(27)20-12-6-4-7-13-20)22-16-10-11-17-24(22)28-26(29)21-14-8-5-9-15-21/h4-17H,3,18-19H2,1-2H3,(H,28,29). The second-order valence-electron chi connectivity index (χ2n) is 8.07. The molecule has 0 bridgehead atoms. The lowest BCUT2D eigenvalue weighted by atomic mass is 9.59. The Morgan fingerprint density at radius 2 is 1.52 bits per heavy atom. The van der Waals surface area contributed by atoms with E-state index in [4.69, 9.17) is 0 Å². The molecule has 0 saturated heterocycles. The summed E-state index contributed by atoms with van der Waals surface area (Å²) in [7, 11) is 0. The average molecular weight is 382 g/mol. The van der Waals surface area contributed by atoms with Crippen molar-refractivity contribution >= 4 is 22.7 Å². The number of allylic oxidation sites excluding steroid dienone is 2. The van der Waals surface area contributed by atoms with Crippen molar-refractivity contribution < 1.29 is 4.79 Å². The van der Waals surface area contributed by atoms with Crippen LogP contribution in [0.25, 0.3) is 11.1 Å². The summed E-state index contributed by atoms with van der Waals surface area (Å²) in [6.45, 7) is 4.62. The molecule has 0 aliphatic heterocycles. The Kier molecular flexibility index (Phi) is 5.35. The molecule has 2 nitrogen and oxygen atoms in total. The lowest BCUT2D eigenvalue weighted by Gasteiger charge is -2.45. The Morgan fingerprint density at radius 3 is 2.21 bits per heavy atom. The number of benzene rings is 3. The molecular weight excluding hydrogens is 354 g/mol. The third-order valence-electron chi connectivity index (χ3n) is 5.87. The zero-order chi connectivity index (χ0) is 20.3. The van der Waals surface area contributed by atoms with E-state index in [1.807, 2.05) is 42.5 Å². The maximum atomic E-state index is 12.7. The van der Waals surface area contributed by atoms with Gasteiger partial charge in [0.15, 0.2) is 0 Å². The van der Waals surface area contributed by atoms with Crippen molar-refractivity contribution in [1.82, 2.24) is 0 Å². The molecule has 1 unspecified atom stereocenters. The first-order chi connectivity index (χ1) is 14.1. The molecule has 0 heterocycles. The van der Waals surface area contributed by atoms with E-state index in [2.05, 4.69) is 61.6 Å². The minimum Gasteiger partial charge on any atom is -0.321 e. The molecule has 2 heteroatoms. The van der Waals surface area contributed by atoms with Crippen LogP contribution in [0.3, 0.4) is 0 Å². The molecular formula is C27H27NO. The Balaban J connectivity index is 1.75. The van der Waals surface area contributed by atoms with E-state index >= 15 is 0 Å². The van der Waals surface area contributed by atoms with Crippen molar-refractivity contribution in [1.29, 1.82) is 0 Å². The molecule has 0 fully saturated rings. The van der Waals surface area contributed by atoms with Gasteiger partial charge in [-0.1, -0.05) is 87.0 Å². The predicted molar refractivity (Wildman–Crippen MR) is 122 cm³/mol. The molecule has 1 aliphatic carbocycles. The van der Waals surface area contributed by atoms with Gasteiger partial charge in [-0.25, -0.2) is 0 Å². The van der Waals surface area contributed by atoms with Gasteiger partial charge in [0.2, 0.25) is 0 Å². The number of hydrogen-bond donors (Lipinski definition) is 1. The van der Waals surface area contributed by atoms with E-state index in [1.165, 1.54) is 23.1 Å². The van der Waals surface area contributed by atoms with E-state index in [0.29, 0.717) is 5.56 Å². The van der Waals surface area contributed by atoms with Crippen LogP contribution in [0.4, 0.5) is 5.69 Å². The minimum atomic E-state index is -0.0736. The van der Waals surface area contributed by atoms with Crippen LogP contribution in [-0.4, -0.2) is 5.91 Å². The van der Waals surface area contributed by atoms with E-state index in [1.54, 1.807) is 0 Å². The van der Waals surface area contributed by atoms with Crippen LogP contribution < -0.4 is 5.32 Å². The normalized spacial score (nSPS) is 18.3. The number of rotatable bonds is 6. The summed E-state index contributed by atoms with van der Waals surface area (Å²) < 4.78 is 0. The fraction of sp³-hybridized carbons (Fsp3) is 0.222. The Labute approximate surface area is 173 Å². The van der Waals surface area contributed by atoms with Crippen LogP contribution in [0, 0.1) is 5.41 Å². The highest BCUT2D eigenvalue weighted by Gasteiger charge is 2.41. The van der Waals surface area contributed by atoms with Gasteiger partial charge in [-0.15, -0.1) is 0 Å². The van der Waals surface area contributed by atoms with Crippen LogP contribution in [0.15, 0.2) is 84.9 Å². The fourth-order valence-corrected chi connectivity index (χ4v) is 4.59. The third kappa shape index (κ3) is 3.75. The monoisotopic (exact) mass is 381 g/mol. The molecule has 0 saturated carbocycles. The third-order valence-corrected chi connectivity index (χ3v) is 5.87. The van der Waals surface area contributed by atoms with Crippen LogP contribution in [0.5, 0.6) is 0 Å². The second-order valence-corrected chi connectivity index (χ2v) is 8.07. The van der Waals surface area contributed by atoms with E-state index in [0.717, 1.165) is 24.1 Å². The minimum absolute atomic E-state index is 0.0736. The molecule has 3 aromatic carbocycles. The number of hydrogen-bond acceptors (Lipinski definition) is 1. The average Bonchev–Trinajstić information content (AvgIpc) is 2.74. The highest BCUT2D eigenvalue weighted by molar-refractivity contribution is 6.08. The first-order valence-electron chi connectivity index (χ1n) is 10.4. The lowest BCUT2D eigenvalue weighted by molar-refractivity contribution is 0.102. The summed E-state index contributed by atoms with van der Waals surface area (Å²) >= 11 is 0. The van der Waals surface area contributed by atoms with Gasteiger partial charge >= 0.3 is 0 Å². The Hall–Kier alpha value is -3.13. The molecule has 29 heavy (non-hydrogen) atoms. The maximum absolute atomic E-state index is 12.7. The quantitative estimate of drug-likeness (QED) is 0.486. The highest BCUT2D eigenvalue weighted by Crippen LogP contribution is 2.58. The van der Waals surface area contributed by atoms with Gasteiger partial charge in [0.05, 0.1) is 0 Å². The molecule has 4 rings (SSSR count). The molecule has 0 radical (unpaired) electrons. The van der Waals surface area contributed by atoms with Crippen molar-refractivity contribution in [2.45, 2.75) is 33.1 Å². The molecule has 0 aromatic heterocycles. The van der Waals surface area contributed by atoms with Gasteiger partial charge < -0.3 is 5.32 Å². The fourth-order valence-electron chi connectivity index (χ4n) is 4.59. The molecule has 0 spiro atoms. The Bertz CT molecular complexity index is 1040. The number of anilines is 1. The number of nitrogens with one attached hydrogen (secondary N) is 1. The summed E-state index contributed by atoms with van der Waals surface area (Å²) in [5.41, 5.74) is 6.91. The van der Waals surface area contributed by atoms with Gasteiger partial charge in [-0.05, 0) is 53.2 Å². The SMILES string of the molecule is CCCC1(C)CC(c2ccccc2NC(=O)c2ccccc2)=C1c1ccccc1. The number of para-hydroxylation sites is 1. The van der Waals surface area contributed by atoms with Crippen molar-refractivity contribution in [3.05, 3.63) is 102 Å². The van der Waals surface area contributed by atoms with Gasteiger partial charge in [0.25, 0.3) is 5.91 Å². The van der Waals surface area contributed by atoms with Crippen LogP contribution in [0.2, 0.25) is 0 Å². The first-order valence-corrected chi connectivity index (χ1v) is 10.4. The molecule has 146 valence electrons. The molecule has 1 amide bonds. The number of amides is 1. The predicted octanol–water partition coefficient (Wildman–Crippen LogP) is 7.06. The van der Waals surface area contributed by atoms with Crippen LogP contribution in [0.1, 0.15) is 54.6 Å². The van der Waals surface area contributed by atoms with Crippen molar-refractivity contribution in [3.63, 3.8) is 0 Å². The summed E-state index contributed by atoms with van der Waals surface area (Å²) in [6, 6.07) is 28.2. The molecule has 1 atom stereocenters. The second kappa shape index (κ2) is 8.08. The van der Waals surface area contributed by atoms with Crippen LogP contribution in [-0.2, 0) is 0 Å². The van der Waals surface area contributed by atoms with Gasteiger partial charge in [-0.2, -0.15) is 0 Å². The van der Waals surface area contributed by atoms with Gasteiger partial charge in [0, 0.05) is 16.8 Å². The zero-order valence-electron chi connectivity index (χ0n) is 17.1. The Morgan fingerprint density at radius 1 is 0.897 bits per heavy atom. The summed E-state index contributed by atoms with van der Waals surface area (Å²) in [6.07, 6.45) is 3.36. The molecule has 1 aliphatic rings. The summed E-state index contributed by atoms with van der Waals surface area (Å²) in [5, 5.41) is 3.13. The van der Waals surface area contributed by atoms with Crippen molar-refractivity contribution in [2.75, 3.05) is 5.32 Å².